The number of carbonyl (C=O) groups is 2. The van der Waals surface area contributed by atoms with Gasteiger partial charge in [0.25, 0.3) is 0 Å². The van der Waals surface area contributed by atoms with Crippen molar-refractivity contribution in [2.24, 2.45) is 0 Å². The molecule has 0 aromatic heterocycles. The first kappa shape index (κ1) is 20.2. The predicted octanol–water partition coefficient (Wildman–Crippen LogP) is 2.67. The summed E-state index contributed by atoms with van der Waals surface area (Å²) >= 11 is 6.01. The number of nitrogens with zero attached hydrogens (tertiary/aromatic N) is 1. The summed E-state index contributed by atoms with van der Waals surface area (Å²) < 4.78 is 30.2. The molecule has 148 valence electrons. The first-order valence-electron chi connectivity index (χ1n) is 8.47. The van der Waals surface area contributed by atoms with Crippen LogP contribution in [0.3, 0.4) is 0 Å². The Balaban J connectivity index is 1.65. The largest absolute Gasteiger partial charge is 0.495 e. The minimum absolute atomic E-state index is 0.0814. The third kappa shape index (κ3) is 4.13. The molecule has 2 amide bonds. The minimum atomic E-state index is -3.66. The summed E-state index contributed by atoms with van der Waals surface area (Å²) in [6.45, 7) is 0. The zero-order valence-corrected chi connectivity index (χ0v) is 16.9. The van der Waals surface area contributed by atoms with Crippen LogP contribution in [-0.2, 0) is 25.8 Å². The highest BCUT2D eigenvalue weighted by atomic mass is 35.5. The van der Waals surface area contributed by atoms with E-state index in [1.165, 1.54) is 30.2 Å². The molecule has 7 nitrogen and oxygen atoms in total. The van der Waals surface area contributed by atoms with Gasteiger partial charge in [-0.1, -0.05) is 11.6 Å². The van der Waals surface area contributed by atoms with Gasteiger partial charge in [0, 0.05) is 24.8 Å². The van der Waals surface area contributed by atoms with Gasteiger partial charge >= 0.3 is 0 Å². The molecule has 0 aliphatic carbocycles. The number of hydrogen-bond donors (Lipinski definition) is 1. The van der Waals surface area contributed by atoms with E-state index in [-0.39, 0.29) is 29.4 Å². The molecule has 0 spiro atoms. The monoisotopic (exact) mass is 422 g/mol. The number of rotatable bonds is 6. The van der Waals surface area contributed by atoms with Crippen LogP contribution in [0.5, 0.6) is 5.75 Å². The average molecular weight is 423 g/mol. The molecule has 9 heteroatoms. The van der Waals surface area contributed by atoms with E-state index in [2.05, 4.69) is 5.32 Å². The Morgan fingerprint density at radius 3 is 2.68 bits per heavy atom. The number of likely N-dealkylation sites (N-methyl/N-ethyl adjacent to an activating group) is 1. The second-order valence-corrected chi connectivity index (χ2v) is 8.90. The van der Waals surface area contributed by atoms with Gasteiger partial charge in [0.05, 0.1) is 29.2 Å². The molecule has 0 radical (unpaired) electrons. The summed E-state index contributed by atoms with van der Waals surface area (Å²) in [5.74, 6) is -0.392. The third-order valence-corrected chi connectivity index (χ3v) is 6.53. The first-order chi connectivity index (χ1) is 13.2. The van der Waals surface area contributed by atoms with E-state index < -0.39 is 15.7 Å². The van der Waals surface area contributed by atoms with Gasteiger partial charge < -0.3 is 15.0 Å². The maximum atomic E-state index is 12.6. The highest BCUT2D eigenvalue weighted by Crippen LogP contribution is 2.30. The van der Waals surface area contributed by atoms with Gasteiger partial charge in [0.15, 0.2) is 9.84 Å². The van der Waals surface area contributed by atoms with Gasteiger partial charge in [-0.15, -0.1) is 0 Å². The normalized spacial score (nSPS) is 13.4. The number of carbonyl (C=O) groups excluding carboxylic acids is 2. The fraction of sp³-hybridized carbons (Fsp3) is 0.263. The number of anilines is 2. The van der Waals surface area contributed by atoms with Crippen LogP contribution in [0.25, 0.3) is 0 Å². The second kappa shape index (κ2) is 7.81. The molecule has 2 aromatic carbocycles. The number of benzene rings is 2. The lowest BCUT2D eigenvalue weighted by atomic mass is 10.2. The van der Waals surface area contributed by atoms with Crippen LogP contribution in [0.15, 0.2) is 41.3 Å². The Bertz CT molecular complexity index is 1050. The fourth-order valence-corrected chi connectivity index (χ4v) is 4.50. The van der Waals surface area contributed by atoms with Crippen molar-refractivity contribution in [3.63, 3.8) is 0 Å². The lowest BCUT2D eigenvalue weighted by Gasteiger charge is -2.11. The van der Waals surface area contributed by atoms with Crippen LogP contribution < -0.4 is 15.0 Å². The summed E-state index contributed by atoms with van der Waals surface area (Å²) in [7, 11) is -0.525. The molecule has 2 aromatic rings. The number of sulfone groups is 1. The van der Waals surface area contributed by atoms with Crippen molar-refractivity contribution in [1.82, 2.24) is 0 Å². The summed E-state index contributed by atoms with van der Waals surface area (Å²) in [6, 6.07) is 9.34. The van der Waals surface area contributed by atoms with E-state index in [4.69, 9.17) is 16.3 Å². The molecule has 1 aliphatic rings. The fourth-order valence-electron chi connectivity index (χ4n) is 2.95. The van der Waals surface area contributed by atoms with E-state index >= 15 is 0 Å². The van der Waals surface area contributed by atoms with Gasteiger partial charge in [0.2, 0.25) is 11.8 Å². The molecule has 0 saturated heterocycles. The van der Waals surface area contributed by atoms with Crippen LogP contribution in [0, 0.1) is 0 Å². The van der Waals surface area contributed by atoms with E-state index in [9.17, 15) is 18.0 Å². The van der Waals surface area contributed by atoms with Crippen molar-refractivity contribution < 1.29 is 22.7 Å². The number of halogens is 1. The number of hydrogen-bond acceptors (Lipinski definition) is 5. The van der Waals surface area contributed by atoms with Crippen molar-refractivity contribution in [3.05, 3.63) is 47.0 Å². The van der Waals surface area contributed by atoms with Gasteiger partial charge in [-0.25, -0.2) is 8.42 Å². The second-order valence-electron chi connectivity index (χ2n) is 6.39. The Morgan fingerprint density at radius 2 is 2.00 bits per heavy atom. The van der Waals surface area contributed by atoms with Crippen LogP contribution in [0.2, 0.25) is 5.02 Å². The van der Waals surface area contributed by atoms with Crippen LogP contribution >= 0.6 is 11.6 Å². The number of amides is 2. The third-order valence-electron chi connectivity index (χ3n) is 4.52. The lowest BCUT2D eigenvalue weighted by Crippen LogP contribution is -2.20. The SMILES string of the molecule is COc1ccc(NC(=O)CCS(=O)(=O)c2ccc3c(c2)CC(=O)N3C)cc1Cl. The molecule has 1 N–H and O–H groups in total. The maximum Gasteiger partial charge on any atom is 0.231 e. The van der Waals surface area contributed by atoms with Crippen LogP contribution in [0.4, 0.5) is 11.4 Å². The van der Waals surface area contributed by atoms with Crippen LogP contribution in [0.1, 0.15) is 12.0 Å². The Morgan fingerprint density at radius 1 is 1.25 bits per heavy atom. The molecule has 1 heterocycles. The molecule has 1 aliphatic heterocycles. The molecule has 0 saturated carbocycles. The lowest BCUT2D eigenvalue weighted by molar-refractivity contribution is -0.117. The number of fused-ring (bicyclic) bond motifs is 1. The van der Waals surface area contributed by atoms with Gasteiger partial charge in [-0.05, 0) is 42.0 Å². The highest BCUT2D eigenvalue weighted by molar-refractivity contribution is 7.91. The predicted molar refractivity (Wildman–Crippen MR) is 107 cm³/mol. The average Bonchev–Trinajstić information content (AvgIpc) is 2.94. The molecular formula is C19H19ClN2O5S. The standard InChI is InChI=1S/C19H19ClN2O5S/c1-22-16-5-4-14(9-12(16)10-19(22)24)28(25,26)8-7-18(23)21-13-3-6-17(27-2)15(20)11-13/h3-6,9,11H,7-8,10H2,1-2H3,(H,21,23). The van der Waals surface area contributed by atoms with Crippen molar-refractivity contribution in [2.45, 2.75) is 17.7 Å². The molecule has 0 fully saturated rings. The molecule has 0 unspecified atom stereocenters. The zero-order valence-electron chi connectivity index (χ0n) is 15.4. The Labute approximate surface area is 168 Å². The molecule has 0 bridgehead atoms. The van der Waals surface area contributed by atoms with Crippen molar-refractivity contribution in [2.75, 3.05) is 30.1 Å². The van der Waals surface area contributed by atoms with Gasteiger partial charge in [-0.3, -0.25) is 9.59 Å². The summed E-state index contributed by atoms with van der Waals surface area (Å²) in [6.07, 6.45) is -0.0319. The number of methoxy groups -OCH3 is 1. The van der Waals surface area contributed by atoms with Crippen molar-refractivity contribution in [3.8, 4) is 5.75 Å². The molecular weight excluding hydrogens is 404 g/mol. The summed E-state index contributed by atoms with van der Waals surface area (Å²) in [5, 5.41) is 2.96. The summed E-state index contributed by atoms with van der Waals surface area (Å²) in [5.41, 5.74) is 1.83. The number of ether oxygens (including phenoxy) is 1. The van der Waals surface area contributed by atoms with Gasteiger partial charge in [0.1, 0.15) is 5.75 Å². The Hall–Kier alpha value is -2.58. The van der Waals surface area contributed by atoms with E-state index in [1.54, 1.807) is 25.2 Å². The van der Waals surface area contributed by atoms with Crippen molar-refractivity contribution in [1.29, 1.82) is 0 Å². The first-order valence-corrected chi connectivity index (χ1v) is 10.5. The quantitative estimate of drug-likeness (QED) is 0.772. The number of nitrogens with one attached hydrogen (secondary N) is 1. The van der Waals surface area contributed by atoms with E-state index in [0.717, 1.165) is 0 Å². The van der Waals surface area contributed by atoms with E-state index in [0.29, 0.717) is 27.7 Å². The Kier molecular flexibility index (Phi) is 5.62. The maximum absolute atomic E-state index is 12.6. The van der Waals surface area contributed by atoms with Gasteiger partial charge in [-0.2, -0.15) is 0 Å². The zero-order chi connectivity index (χ0) is 20.5. The molecule has 28 heavy (non-hydrogen) atoms. The topological polar surface area (TPSA) is 92.8 Å². The highest BCUT2D eigenvalue weighted by Gasteiger charge is 2.26. The van der Waals surface area contributed by atoms with Crippen molar-refractivity contribution >= 4 is 44.6 Å². The smallest absolute Gasteiger partial charge is 0.231 e. The van der Waals surface area contributed by atoms with E-state index in [1.807, 2.05) is 0 Å². The minimum Gasteiger partial charge on any atom is -0.495 e. The molecule has 0 atom stereocenters. The summed E-state index contributed by atoms with van der Waals surface area (Å²) in [4.78, 5) is 25.5. The van der Waals surface area contributed by atoms with Crippen LogP contribution in [-0.4, -0.2) is 40.1 Å². The molecule has 3 rings (SSSR count).